The Kier molecular flexibility index (Phi) is 12.5. The molecule has 1 heterocycles. The smallest absolute Gasteiger partial charge is 0.242 e. The van der Waals surface area contributed by atoms with Crippen LogP contribution in [0.4, 0.5) is 8.78 Å². The topological polar surface area (TPSA) is 100 Å². The van der Waals surface area contributed by atoms with Gasteiger partial charge in [0.05, 0.1) is 32.0 Å². The summed E-state index contributed by atoms with van der Waals surface area (Å²) < 4.78 is 39.7. The molecule has 0 saturated carbocycles. The van der Waals surface area contributed by atoms with Gasteiger partial charge in [-0.15, -0.1) is 0 Å². The van der Waals surface area contributed by atoms with Crippen molar-refractivity contribution in [3.63, 3.8) is 0 Å². The van der Waals surface area contributed by atoms with Gasteiger partial charge in [-0.25, -0.2) is 8.78 Å². The number of aliphatic hydroxyl groups is 1. The van der Waals surface area contributed by atoms with Gasteiger partial charge >= 0.3 is 0 Å². The zero-order chi connectivity index (χ0) is 32.5. The largest absolute Gasteiger partial charge is 0.497 e. The number of hydrogen-bond donors (Lipinski definition) is 3. The number of nitrogens with one attached hydrogen (secondary N) is 2. The monoisotopic (exact) mass is 627 g/mol. The minimum absolute atomic E-state index is 0.00672. The molecule has 0 spiro atoms. The lowest BCUT2D eigenvalue weighted by atomic mass is 9.99. The van der Waals surface area contributed by atoms with Crippen molar-refractivity contribution in [1.82, 2.24) is 15.5 Å². The number of likely N-dealkylation sites (tertiary alicyclic amines) is 1. The van der Waals surface area contributed by atoms with E-state index in [4.69, 9.17) is 9.47 Å². The highest BCUT2D eigenvalue weighted by Crippen LogP contribution is 2.42. The van der Waals surface area contributed by atoms with E-state index in [0.717, 1.165) is 36.5 Å². The third-order valence-corrected chi connectivity index (χ3v) is 8.94. The Morgan fingerprint density at radius 3 is 2.62 bits per heavy atom. The first-order valence-corrected chi connectivity index (χ1v) is 16.0. The summed E-state index contributed by atoms with van der Waals surface area (Å²) in [6.45, 7) is 6.74. The fourth-order valence-corrected chi connectivity index (χ4v) is 6.34. The maximum Gasteiger partial charge on any atom is 0.242 e. The average Bonchev–Trinajstić information content (AvgIpc) is 3.56. The second-order valence-corrected chi connectivity index (χ2v) is 12.1. The van der Waals surface area contributed by atoms with E-state index >= 15 is 0 Å². The van der Waals surface area contributed by atoms with E-state index in [2.05, 4.69) is 17.6 Å². The first-order valence-electron chi connectivity index (χ1n) is 16.0. The molecule has 45 heavy (non-hydrogen) atoms. The summed E-state index contributed by atoms with van der Waals surface area (Å²) >= 11 is 0. The molecule has 0 aromatic heterocycles. The number of rotatable bonds is 16. The van der Waals surface area contributed by atoms with Gasteiger partial charge in [0.25, 0.3) is 0 Å². The highest BCUT2D eigenvalue weighted by molar-refractivity contribution is 5.89. The van der Waals surface area contributed by atoms with E-state index in [9.17, 15) is 23.5 Å². The molecule has 2 aromatic carbocycles. The van der Waals surface area contributed by atoms with Crippen molar-refractivity contribution in [2.45, 2.75) is 89.6 Å². The van der Waals surface area contributed by atoms with Crippen LogP contribution in [0.5, 0.6) is 5.75 Å². The van der Waals surface area contributed by atoms with Gasteiger partial charge in [-0.2, -0.15) is 0 Å². The minimum atomic E-state index is -1.11. The fourth-order valence-electron chi connectivity index (χ4n) is 6.34. The van der Waals surface area contributed by atoms with Crippen molar-refractivity contribution in [3.05, 3.63) is 76.9 Å². The van der Waals surface area contributed by atoms with Crippen molar-refractivity contribution in [3.8, 4) is 5.75 Å². The van der Waals surface area contributed by atoms with Crippen molar-refractivity contribution in [2.24, 2.45) is 5.92 Å². The minimum Gasteiger partial charge on any atom is -0.497 e. The molecule has 1 aliphatic heterocycles. The van der Waals surface area contributed by atoms with Crippen LogP contribution in [-0.2, 0) is 20.7 Å². The Hall–Kier alpha value is -3.34. The van der Waals surface area contributed by atoms with Gasteiger partial charge in [0.2, 0.25) is 11.8 Å². The molecule has 1 saturated heterocycles. The molecule has 10 heteroatoms. The van der Waals surface area contributed by atoms with Crippen molar-refractivity contribution >= 4 is 11.8 Å². The Balaban J connectivity index is 1.48. The molecule has 6 atom stereocenters. The predicted octanol–water partition coefficient (Wildman–Crippen LogP) is 5.16. The summed E-state index contributed by atoms with van der Waals surface area (Å²) in [5, 5.41) is 17.8. The van der Waals surface area contributed by atoms with Gasteiger partial charge in [0.1, 0.15) is 23.4 Å². The maximum absolute atomic E-state index is 14.1. The van der Waals surface area contributed by atoms with Crippen LogP contribution < -0.4 is 15.4 Å². The molecule has 4 rings (SSSR count). The second kappa shape index (κ2) is 16.3. The number of carbonyl (C=O) groups excluding carboxylic acids is 2. The number of amides is 2. The van der Waals surface area contributed by atoms with Crippen LogP contribution >= 0.6 is 0 Å². The van der Waals surface area contributed by atoms with Gasteiger partial charge in [-0.05, 0) is 80.5 Å². The van der Waals surface area contributed by atoms with E-state index in [1.807, 2.05) is 37.3 Å². The third kappa shape index (κ3) is 8.89. The highest BCUT2D eigenvalue weighted by atomic mass is 19.1. The van der Waals surface area contributed by atoms with E-state index in [1.165, 1.54) is 12.1 Å². The summed E-state index contributed by atoms with van der Waals surface area (Å²) in [5.41, 5.74) is 2.34. The SMILES string of the molecule is CC=CCO[C@@H]1C[C@H](NC[C@@H](O)[C@H](Cc2cc(F)cc(F)c2)NC(=O)C(C)N2CC[C@H](CCCC)C2=O)c2cc(OC)ccc21. The number of allylic oxidation sites excluding steroid dienone is 1. The van der Waals surface area contributed by atoms with Gasteiger partial charge in [-0.3, -0.25) is 9.59 Å². The molecule has 1 aliphatic carbocycles. The lowest BCUT2D eigenvalue weighted by molar-refractivity contribution is -0.139. The molecule has 2 amide bonds. The lowest BCUT2D eigenvalue weighted by Gasteiger charge is -2.30. The molecule has 8 nitrogen and oxygen atoms in total. The first kappa shape index (κ1) is 34.5. The van der Waals surface area contributed by atoms with E-state index in [1.54, 1.807) is 18.9 Å². The van der Waals surface area contributed by atoms with Gasteiger partial charge in [0.15, 0.2) is 0 Å². The number of fused-ring (bicyclic) bond motifs is 1. The Morgan fingerprint density at radius 2 is 1.93 bits per heavy atom. The summed E-state index contributed by atoms with van der Waals surface area (Å²) in [5.74, 6) is -1.31. The van der Waals surface area contributed by atoms with Crippen molar-refractivity contribution in [1.29, 1.82) is 0 Å². The van der Waals surface area contributed by atoms with Crippen molar-refractivity contribution < 1.29 is 33.0 Å². The number of unbranched alkanes of at least 4 members (excludes halogenated alkanes) is 1. The van der Waals surface area contributed by atoms with Crippen LogP contribution in [0, 0.1) is 17.6 Å². The number of benzene rings is 2. The summed E-state index contributed by atoms with van der Waals surface area (Å²) in [7, 11) is 1.60. The molecular weight excluding hydrogens is 580 g/mol. The maximum atomic E-state index is 14.1. The Bertz CT molecular complexity index is 1320. The molecule has 1 unspecified atom stereocenters. The van der Waals surface area contributed by atoms with Crippen LogP contribution in [0.1, 0.15) is 81.7 Å². The number of carbonyl (C=O) groups is 2. The molecule has 0 bridgehead atoms. The number of ether oxygens (including phenoxy) is 2. The zero-order valence-corrected chi connectivity index (χ0v) is 26.7. The summed E-state index contributed by atoms with van der Waals surface area (Å²) in [6, 6.07) is 7.22. The number of methoxy groups -OCH3 is 1. The molecule has 3 N–H and O–H groups in total. The average molecular weight is 628 g/mol. The molecule has 2 aliphatic rings. The fraction of sp³-hybridized carbons (Fsp3) is 0.543. The first-order chi connectivity index (χ1) is 21.6. The molecule has 246 valence electrons. The molecule has 1 fully saturated rings. The number of aliphatic hydroxyl groups excluding tert-OH is 1. The Morgan fingerprint density at radius 1 is 1.18 bits per heavy atom. The van der Waals surface area contributed by atoms with Crippen LogP contribution in [0.2, 0.25) is 0 Å². The molecule has 0 radical (unpaired) electrons. The van der Waals surface area contributed by atoms with E-state index in [-0.39, 0.29) is 36.9 Å². The Labute approximate surface area is 265 Å². The van der Waals surface area contributed by atoms with Gasteiger partial charge in [0, 0.05) is 31.1 Å². The highest BCUT2D eigenvalue weighted by Gasteiger charge is 2.38. The van der Waals surface area contributed by atoms with Crippen LogP contribution in [0.3, 0.4) is 0 Å². The van der Waals surface area contributed by atoms with Gasteiger partial charge in [-0.1, -0.05) is 38.0 Å². The van der Waals surface area contributed by atoms with Gasteiger partial charge < -0.3 is 30.1 Å². The summed E-state index contributed by atoms with van der Waals surface area (Å²) in [4.78, 5) is 28.1. The van der Waals surface area contributed by atoms with E-state index < -0.39 is 35.7 Å². The normalized spacial score (nSPS) is 21.6. The molecular formula is C35H47F2N3O5. The standard InChI is InChI=1S/C35H47F2N3O5/c1-5-7-9-24-12-13-40(35(24)43)22(3)34(42)39-31(17-23-15-25(36)18-26(37)16-23)32(41)21-38-30-20-33(45-14-8-6-2)28-11-10-27(44-4)19-29(28)30/h6,8,10-11,15-16,18-19,22,24,30-33,38,41H,5,7,9,12-14,17,20-21H2,1-4H3,(H,39,42)/t22?,24-,30-,31-,32+,33+/m0/s1. The van der Waals surface area contributed by atoms with Crippen LogP contribution in [0.25, 0.3) is 0 Å². The lowest BCUT2D eigenvalue weighted by Crippen LogP contribution is -2.54. The number of halogens is 2. The second-order valence-electron chi connectivity index (χ2n) is 12.1. The summed E-state index contributed by atoms with van der Waals surface area (Å²) in [6.07, 6.45) is 6.70. The zero-order valence-electron chi connectivity index (χ0n) is 26.7. The van der Waals surface area contributed by atoms with Crippen molar-refractivity contribution in [2.75, 3.05) is 26.8 Å². The van der Waals surface area contributed by atoms with Crippen LogP contribution in [-0.4, -0.2) is 66.8 Å². The van der Waals surface area contributed by atoms with E-state index in [0.29, 0.717) is 37.3 Å². The number of nitrogens with zero attached hydrogens (tertiary/aromatic N) is 1. The van der Waals surface area contributed by atoms with Crippen LogP contribution in [0.15, 0.2) is 48.6 Å². The quantitative estimate of drug-likeness (QED) is 0.223. The predicted molar refractivity (Wildman–Crippen MR) is 169 cm³/mol. The third-order valence-electron chi connectivity index (χ3n) is 8.94. The molecule has 2 aromatic rings. The number of hydrogen-bond acceptors (Lipinski definition) is 6.